The molecule has 0 saturated carbocycles. The molecule has 160 valence electrons. The number of nitrogens with one attached hydrogen (secondary N) is 1. The molecule has 0 aliphatic heterocycles. The minimum atomic E-state index is -4.00. The van der Waals surface area contributed by atoms with Crippen LogP contribution in [0.4, 0.5) is 18.9 Å². The molecule has 2 aromatic rings. The highest BCUT2D eigenvalue weighted by Crippen LogP contribution is 2.32. The number of anilines is 1. The van der Waals surface area contributed by atoms with E-state index in [1.54, 1.807) is 23.7 Å². The van der Waals surface area contributed by atoms with Crippen molar-refractivity contribution < 1.29 is 13.2 Å². The summed E-state index contributed by atoms with van der Waals surface area (Å²) in [6, 6.07) is 10.7. The molecule has 1 aromatic heterocycles. The van der Waals surface area contributed by atoms with Crippen molar-refractivity contribution >= 4 is 29.4 Å². The van der Waals surface area contributed by atoms with Gasteiger partial charge in [-0.3, -0.25) is 4.68 Å². The van der Waals surface area contributed by atoms with Crippen molar-refractivity contribution in [2.45, 2.75) is 45.0 Å². The molecule has 1 aromatic carbocycles. The van der Waals surface area contributed by atoms with Gasteiger partial charge in [0.15, 0.2) is 0 Å². The fourth-order valence-corrected chi connectivity index (χ4v) is 3.81. The zero-order valence-electron chi connectivity index (χ0n) is 17.2. The van der Waals surface area contributed by atoms with Crippen molar-refractivity contribution in [3.8, 4) is 0 Å². The van der Waals surface area contributed by atoms with Gasteiger partial charge in [0.1, 0.15) is 0 Å². The van der Waals surface area contributed by atoms with Gasteiger partial charge in [0.2, 0.25) is 0 Å². The molecule has 1 unspecified atom stereocenters. The topological polar surface area (TPSA) is 29.9 Å². The minimum absolute atomic E-state index is 0.188. The van der Waals surface area contributed by atoms with Gasteiger partial charge in [-0.15, -0.1) is 11.8 Å². The Hall–Kier alpha value is -1.80. The lowest BCUT2D eigenvalue weighted by atomic mass is 9.99. The molecule has 0 spiro atoms. The van der Waals surface area contributed by atoms with Crippen LogP contribution in [0.2, 0.25) is 0 Å². The third-order valence-corrected chi connectivity index (χ3v) is 5.89. The molecule has 1 atom stereocenters. The lowest BCUT2D eigenvalue weighted by Gasteiger charge is -2.11. The van der Waals surface area contributed by atoms with E-state index < -0.39 is 6.18 Å². The first-order chi connectivity index (χ1) is 13.6. The van der Waals surface area contributed by atoms with Gasteiger partial charge in [-0.05, 0) is 54.1 Å². The Morgan fingerprint density at radius 2 is 1.90 bits per heavy atom. The smallest absolute Gasteiger partial charge is 0.325 e. The Morgan fingerprint density at radius 3 is 2.38 bits per heavy atom. The maximum Gasteiger partial charge on any atom is 0.386 e. The largest absolute Gasteiger partial charge is 0.386 e. The molecule has 0 amide bonds. The van der Waals surface area contributed by atoms with Crippen molar-refractivity contribution in [2.75, 3.05) is 4.72 Å². The first-order valence-electron chi connectivity index (χ1n) is 9.16. The van der Waals surface area contributed by atoms with Crippen molar-refractivity contribution in [1.82, 2.24) is 9.78 Å². The molecular formula is C21H28F3N3S2. The van der Waals surface area contributed by atoms with Crippen LogP contribution in [0.1, 0.15) is 44.4 Å². The normalized spacial score (nSPS) is 12.7. The van der Waals surface area contributed by atoms with Crippen LogP contribution < -0.4 is 4.72 Å². The molecule has 0 aliphatic carbocycles. The second-order valence-electron chi connectivity index (χ2n) is 6.41. The summed E-state index contributed by atoms with van der Waals surface area (Å²) in [5.41, 5.74) is 3.58. The van der Waals surface area contributed by atoms with E-state index in [-0.39, 0.29) is 6.92 Å². The number of benzene rings is 1. The average Bonchev–Trinajstić information content (AvgIpc) is 3.07. The number of hydrogen-bond acceptors (Lipinski definition) is 4. The summed E-state index contributed by atoms with van der Waals surface area (Å²) >= 11 is 3.37. The van der Waals surface area contributed by atoms with E-state index in [9.17, 15) is 13.2 Å². The Kier molecular flexibility index (Phi) is 11.0. The van der Waals surface area contributed by atoms with E-state index in [4.69, 9.17) is 0 Å². The highest BCUT2D eigenvalue weighted by atomic mass is 32.2. The van der Waals surface area contributed by atoms with Crippen LogP contribution in [0.5, 0.6) is 0 Å². The summed E-state index contributed by atoms with van der Waals surface area (Å²) in [5, 5.41) is 4.41. The van der Waals surface area contributed by atoms with Gasteiger partial charge < -0.3 is 4.72 Å². The van der Waals surface area contributed by atoms with Crippen LogP contribution in [-0.4, -0.2) is 16.0 Å². The van der Waals surface area contributed by atoms with Crippen molar-refractivity contribution in [3.05, 3.63) is 70.8 Å². The second-order valence-corrected chi connectivity index (χ2v) is 8.53. The van der Waals surface area contributed by atoms with E-state index in [2.05, 4.69) is 54.5 Å². The van der Waals surface area contributed by atoms with E-state index in [0.29, 0.717) is 5.92 Å². The standard InChI is InChI=1S/C19H25N3S2.C2H3F3/c1-5-7-19(23-14-18-12-13-22(4)20-18)24-21-17-10-8-16(9-11-17)15(3)6-2;1-2(3,4)5/h5,7-13,15,21H,1,6,14H2,2-4H3;1H3/b19-7+;. The molecule has 0 fully saturated rings. The average molecular weight is 444 g/mol. The molecule has 1 heterocycles. The molecule has 2 rings (SSSR count). The molecular weight excluding hydrogens is 415 g/mol. The molecule has 0 bridgehead atoms. The first kappa shape index (κ1) is 25.2. The number of nitrogens with zero attached hydrogens (tertiary/aromatic N) is 2. The second kappa shape index (κ2) is 12.7. The van der Waals surface area contributed by atoms with Gasteiger partial charge in [0.25, 0.3) is 0 Å². The summed E-state index contributed by atoms with van der Waals surface area (Å²) in [5.74, 6) is 1.46. The fourth-order valence-electron chi connectivity index (χ4n) is 2.12. The van der Waals surface area contributed by atoms with E-state index in [1.165, 1.54) is 9.80 Å². The number of hydrogen-bond donors (Lipinski definition) is 1. The van der Waals surface area contributed by atoms with Crippen LogP contribution in [0.15, 0.2) is 59.5 Å². The van der Waals surface area contributed by atoms with Gasteiger partial charge in [0, 0.05) is 31.6 Å². The highest BCUT2D eigenvalue weighted by molar-refractivity contribution is 8.22. The van der Waals surface area contributed by atoms with E-state index in [1.807, 2.05) is 36.1 Å². The number of aryl methyl sites for hydroxylation is 1. The number of allylic oxidation sites excluding steroid dienone is 2. The summed E-state index contributed by atoms with van der Waals surface area (Å²) in [6.07, 6.45) is 2.98. The third kappa shape index (κ3) is 11.7. The number of aromatic nitrogens is 2. The van der Waals surface area contributed by atoms with Crippen LogP contribution >= 0.6 is 23.7 Å². The van der Waals surface area contributed by atoms with Gasteiger partial charge in [-0.2, -0.15) is 18.3 Å². The Labute approximate surface area is 180 Å². The monoisotopic (exact) mass is 443 g/mol. The van der Waals surface area contributed by atoms with Crippen LogP contribution in [0, 0.1) is 0 Å². The first-order valence-corrected chi connectivity index (χ1v) is 11.0. The molecule has 0 saturated heterocycles. The van der Waals surface area contributed by atoms with Gasteiger partial charge in [-0.25, -0.2) is 0 Å². The fraction of sp³-hybridized carbons (Fsp3) is 0.381. The summed E-state index contributed by atoms with van der Waals surface area (Å²) < 4.78 is 37.5. The van der Waals surface area contributed by atoms with Crippen molar-refractivity contribution in [1.29, 1.82) is 0 Å². The molecule has 8 heteroatoms. The maximum atomic E-state index is 10.4. The SMILES string of the molecule is C=C/C=C(\SCc1ccn(C)n1)SNc1ccc(C(C)CC)cc1.CC(F)(F)F. The van der Waals surface area contributed by atoms with Crippen molar-refractivity contribution in [2.24, 2.45) is 7.05 Å². The van der Waals surface area contributed by atoms with Crippen molar-refractivity contribution in [3.63, 3.8) is 0 Å². The van der Waals surface area contributed by atoms with E-state index >= 15 is 0 Å². The number of rotatable bonds is 9. The van der Waals surface area contributed by atoms with Gasteiger partial charge >= 0.3 is 6.18 Å². The zero-order valence-corrected chi connectivity index (χ0v) is 18.8. The summed E-state index contributed by atoms with van der Waals surface area (Å²) in [6.45, 7) is 8.47. The Bertz CT molecular complexity index is 762. The maximum absolute atomic E-state index is 10.4. The predicted molar refractivity (Wildman–Crippen MR) is 121 cm³/mol. The minimum Gasteiger partial charge on any atom is -0.325 e. The van der Waals surface area contributed by atoms with Gasteiger partial charge in [0.05, 0.1) is 9.93 Å². The molecule has 3 nitrogen and oxygen atoms in total. The number of thioether (sulfide) groups is 1. The van der Waals surface area contributed by atoms with Crippen LogP contribution in [0.3, 0.4) is 0 Å². The molecule has 0 aliphatic rings. The number of alkyl halides is 3. The molecule has 29 heavy (non-hydrogen) atoms. The Morgan fingerprint density at radius 1 is 1.28 bits per heavy atom. The third-order valence-electron chi connectivity index (χ3n) is 3.75. The Balaban J connectivity index is 0.000000749. The highest BCUT2D eigenvalue weighted by Gasteiger charge is 2.15. The van der Waals surface area contributed by atoms with Crippen LogP contribution in [0.25, 0.3) is 0 Å². The predicted octanol–water partition coefficient (Wildman–Crippen LogP) is 7.52. The molecule has 1 N–H and O–H groups in total. The number of halogens is 3. The quantitative estimate of drug-likeness (QED) is 0.320. The lowest BCUT2D eigenvalue weighted by Crippen LogP contribution is -1.95. The van der Waals surface area contributed by atoms with E-state index in [0.717, 1.165) is 23.6 Å². The summed E-state index contributed by atoms with van der Waals surface area (Å²) in [7, 11) is 1.94. The van der Waals surface area contributed by atoms with Crippen LogP contribution in [-0.2, 0) is 12.8 Å². The zero-order chi connectivity index (χ0) is 21.9. The molecule has 0 radical (unpaired) electrons. The summed E-state index contributed by atoms with van der Waals surface area (Å²) in [4.78, 5) is 0. The van der Waals surface area contributed by atoms with Gasteiger partial charge in [-0.1, -0.05) is 38.6 Å². The lowest BCUT2D eigenvalue weighted by molar-refractivity contribution is -0.110.